The molecular weight excluding hydrogens is 342 g/mol. The number of nitrogens with one attached hydrogen (secondary N) is 1. The summed E-state index contributed by atoms with van der Waals surface area (Å²) in [5, 5.41) is 7.44. The van der Waals surface area contributed by atoms with Gasteiger partial charge in [-0.25, -0.2) is 4.68 Å². The average molecular weight is 365 g/mol. The van der Waals surface area contributed by atoms with E-state index in [0.717, 1.165) is 23.2 Å². The highest BCUT2D eigenvalue weighted by atomic mass is 16.5. The minimum absolute atomic E-state index is 0.198. The van der Waals surface area contributed by atoms with E-state index < -0.39 is 0 Å². The highest BCUT2D eigenvalue weighted by molar-refractivity contribution is 5.99. The largest absolute Gasteiger partial charge is 0.493 e. The molecule has 0 saturated heterocycles. The van der Waals surface area contributed by atoms with Gasteiger partial charge < -0.3 is 14.8 Å². The van der Waals surface area contributed by atoms with E-state index in [1.54, 1.807) is 18.9 Å². The third-order valence-electron chi connectivity index (χ3n) is 4.18. The van der Waals surface area contributed by atoms with Crippen molar-refractivity contribution < 1.29 is 14.3 Å². The van der Waals surface area contributed by atoms with Crippen molar-refractivity contribution in [3.05, 3.63) is 60.4 Å². The maximum Gasteiger partial charge on any atom is 0.272 e. The molecule has 0 unspecified atom stereocenters. The SMILES string of the molecule is CCCNC(=O)c1nn(-c2ccccc2)cc1-c1ccc(OC)c(OC)c1. The Kier molecular flexibility index (Phi) is 5.76. The van der Waals surface area contributed by atoms with E-state index in [4.69, 9.17) is 9.47 Å². The van der Waals surface area contributed by atoms with Crippen LogP contribution in [0.5, 0.6) is 11.5 Å². The number of carbonyl (C=O) groups excluding carboxylic acids is 1. The molecule has 2 aromatic carbocycles. The molecule has 1 N–H and O–H groups in total. The third-order valence-corrected chi connectivity index (χ3v) is 4.18. The number of para-hydroxylation sites is 1. The standard InChI is InChI=1S/C21H23N3O3/c1-4-12-22-21(25)20-17(14-24(23-20)16-8-6-5-7-9-16)15-10-11-18(26-2)19(13-15)27-3/h5-11,13-14H,4,12H2,1-3H3,(H,22,25). The number of rotatable bonds is 7. The van der Waals surface area contributed by atoms with Gasteiger partial charge >= 0.3 is 0 Å². The second-order valence-electron chi connectivity index (χ2n) is 6.00. The van der Waals surface area contributed by atoms with Crippen LogP contribution in [0.1, 0.15) is 23.8 Å². The van der Waals surface area contributed by atoms with E-state index in [0.29, 0.717) is 23.7 Å². The normalized spacial score (nSPS) is 10.5. The minimum atomic E-state index is -0.198. The van der Waals surface area contributed by atoms with Gasteiger partial charge in [-0.2, -0.15) is 5.10 Å². The number of carbonyl (C=O) groups is 1. The molecule has 0 aliphatic carbocycles. The van der Waals surface area contributed by atoms with Crippen LogP contribution in [0.3, 0.4) is 0 Å². The number of benzene rings is 2. The van der Waals surface area contributed by atoms with E-state index in [9.17, 15) is 4.79 Å². The molecule has 0 saturated carbocycles. The van der Waals surface area contributed by atoms with Crippen LogP contribution in [0.25, 0.3) is 16.8 Å². The highest BCUT2D eigenvalue weighted by Gasteiger charge is 2.19. The van der Waals surface area contributed by atoms with Crippen molar-refractivity contribution in [1.82, 2.24) is 15.1 Å². The number of hydrogen-bond donors (Lipinski definition) is 1. The first-order chi connectivity index (χ1) is 13.2. The topological polar surface area (TPSA) is 65.4 Å². The summed E-state index contributed by atoms with van der Waals surface area (Å²) in [6.45, 7) is 2.61. The molecule has 0 fully saturated rings. The maximum atomic E-state index is 12.7. The molecule has 0 aliphatic rings. The zero-order valence-electron chi connectivity index (χ0n) is 15.7. The van der Waals surface area contributed by atoms with Gasteiger partial charge in [-0.15, -0.1) is 0 Å². The Morgan fingerprint density at radius 2 is 1.81 bits per heavy atom. The van der Waals surface area contributed by atoms with Crippen LogP contribution in [0.15, 0.2) is 54.7 Å². The van der Waals surface area contributed by atoms with Crippen molar-refractivity contribution in [2.75, 3.05) is 20.8 Å². The molecule has 0 bridgehead atoms. The number of nitrogens with zero attached hydrogens (tertiary/aromatic N) is 2. The van der Waals surface area contributed by atoms with Gasteiger partial charge in [-0.1, -0.05) is 31.2 Å². The second-order valence-corrected chi connectivity index (χ2v) is 6.00. The lowest BCUT2D eigenvalue weighted by molar-refractivity contribution is 0.0949. The van der Waals surface area contributed by atoms with Crippen molar-refractivity contribution >= 4 is 5.91 Å². The number of hydrogen-bond acceptors (Lipinski definition) is 4. The van der Waals surface area contributed by atoms with Gasteiger partial charge in [0.1, 0.15) is 0 Å². The minimum Gasteiger partial charge on any atom is -0.493 e. The first kappa shape index (κ1) is 18.5. The Hall–Kier alpha value is -3.28. The second kappa shape index (κ2) is 8.40. The molecule has 6 nitrogen and oxygen atoms in total. The van der Waals surface area contributed by atoms with Crippen LogP contribution < -0.4 is 14.8 Å². The Morgan fingerprint density at radius 3 is 2.48 bits per heavy atom. The van der Waals surface area contributed by atoms with Gasteiger partial charge in [0, 0.05) is 18.3 Å². The molecule has 1 aromatic heterocycles. The Bertz CT molecular complexity index is 920. The maximum absolute atomic E-state index is 12.7. The van der Waals surface area contributed by atoms with Gasteiger partial charge in [0.05, 0.1) is 19.9 Å². The van der Waals surface area contributed by atoms with Crippen molar-refractivity contribution in [2.24, 2.45) is 0 Å². The van der Waals surface area contributed by atoms with Gasteiger partial charge in [-0.3, -0.25) is 4.79 Å². The monoisotopic (exact) mass is 365 g/mol. The molecule has 0 spiro atoms. The average Bonchev–Trinajstić information content (AvgIpc) is 3.17. The zero-order chi connectivity index (χ0) is 19.2. The summed E-state index contributed by atoms with van der Waals surface area (Å²) in [5.74, 6) is 1.03. The molecule has 1 heterocycles. The Balaban J connectivity index is 2.09. The van der Waals surface area contributed by atoms with Crippen LogP contribution in [-0.2, 0) is 0 Å². The predicted molar refractivity (Wildman–Crippen MR) is 105 cm³/mol. The van der Waals surface area contributed by atoms with Crippen molar-refractivity contribution in [1.29, 1.82) is 0 Å². The van der Waals surface area contributed by atoms with Crippen LogP contribution in [0.2, 0.25) is 0 Å². The number of amides is 1. The van der Waals surface area contributed by atoms with Crippen LogP contribution in [0, 0.1) is 0 Å². The van der Waals surface area contributed by atoms with Gasteiger partial charge in [0.2, 0.25) is 0 Å². The highest BCUT2D eigenvalue weighted by Crippen LogP contribution is 2.33. The van der Waals surface area contributed by atoms with E-state index >= 15 is 0 Å². The molecule has 3 aromatic rings. The van der Waals surface area contributed by atoms with E-state index in [1.165, 1.54) is 0 Å². The number of aromatic nitrogens is 2. The molecule has 3 rings (SSSR count). The fourth-order valence-corrected chi connectivity index (χ4v) is 2.79. The predicted octanol–water partition coefficient (Wildman–Crippen LogP) is 3.70. The van der Waals surface area contributed by atoms with Crippen LogP contribution >= 0.6 is 0 Å². The van der Waals surface area contributed by atoms with E-state index in [-0.39, 0.29) is 5.91 Å². The molecule has 1 amide bonds. The third kappa shape index (κ3) is 3.95. The van der Waals surface area contributed by atoms with Crippen LogP contribution in [0.4, 0.5) is 0 Å². The van der Waals surface area contributed by atoms with Crippen LogP contribution in [-0.4, -0.2) is 36.5 Å². The summed E-state index contributed by atoms with van der Waals surface area (Å²) < 4.78 is 12.4. The van der Waals surface area contributed by atoms with Gasteiger partial charge in [0.25, 0.3) is 5.91 Å². The fourth-order valence-electron chi connectivity index (χ4n) is 2.79. The summed E-state index contributed by atoms with van der Waals surface area (Å²) in [6, 6.07) is 15.3. The van der Waals surface area contributed by atoms with Crippen molar-refractivity contribution in [2.45, 2.75) is 13.3 Å². The lowest BCUT2D eigenvalue weighted by atomic mass is 10.1. The summed E-state index contributed by atoms with van der Waals surface area (Å²) in [7, 11) is 3.18. The molecule has 0 aliphatic heterocycles. The van der Waals surface area contributed by atoms with Crippen molar-refractivity contribution in [3.63, 3.8) is 0 Å². The molecule has 0 atom stereocenters. The molecule has 6 heteroatoms. The molecule has 27 heavy (non-hydrogen) atoms. The quantitative estimate of drug-likeness (QED) is 0.693. The lowest BCUT2D eigenvalue weighted by Crippen LogP contribution is -2.25. The van der Waals surface area contributed by atoms with E-state index in [1.807, 2.05) is 61.7 Å². The summed E-state index contributed by atoms with van der Waals surface area (Å²) >= 11 is 0. The zero-order valence-corrected chi connectivity index (χ0v) is 15.7. The first-order valence-electron chi connectivity index (χ1n) is 8.83. The number of ether oxygens (including phenoxy) is 2. The summed E-state index contributed by atoms with van der Waals surface area (Å²) in [6.07, 6.45) is 2.72. The summed E-state index contributed by atoms with van der Waals surface area (Å²) in [5.41, 5.74) is 2.82. The number of methoxy groups -OCH3 is 2. The Labute approximate surface area is 158 Å². The van der Waals surface area contributed by atoms with E-state index in [2.05, 4.69) is 10.4 Å². The smallest absolute Gasteiger partial charge is 0.272 e. The molecule has 0 radical (unpaired) electrons. The molecular formula is C21H23N3O3. The van der Waals surface area contributed by atoms with Crippen molar-refractivity contribution in [3.8, 4) is 28.3 Å². The van der Waals surface area contributed by atoms with Gasteiger partial charge in [0.15, 0.2) is 17.2 Å². The summed E-state index contributed by atoms with van der Waals surface area (Å²) in [4.78, 5) is 12.7. The lowest BCUT2D eigenvalue weighted by Gasteiger charge is -2.09. The van der Waals surface area contributed by atoms with Gasteiger partial charge in [-0.05, 0) is 36.2 Å². The first-order valence-corrected chi connectivity index (χ1v) is 8.83. The fraction of sp³-hybridized carbons (Fsp3) is 0.238. The Morgan fingerprint density at radius 1 is 1.07 bits per heavy atom. The molecule has 140 valence electrons.